The number of nitro groups is 1. The minimum atomic E-state index is -0.386. The van der Waals surface area contributed by atoms with Crippen molar-refractivity contribution >= 4 is 5.69 Å². The van der Waals surface area contributed by atoms with Crippen molar-refractivity contribution in [2.24, 2.45) is 0 Å². The van der Waals surface area contributed by atoms with Gasteiger partial charge in [0.1, 0.15) is 0 Å². The van der Waals surface area contributed by atoms with E-state index in [0.717, 1.165) is 25.2 Å². The second-order valence-electron chi connectivity index (χ2n) is 5.01. The van der Waals surface area contributed by atoms with Crippen molar-refractivity contribution < 1.29 is 4.92 Å². The molecule has 2 aromatic rings. The van der Waals surface area contributed by atoms with Gasteiger partial charge in [-0.3, -0.25) is 10.1 Å². The molecule has 1 aromatic heterocycles. The van der Waals surface area contributed by atoms with Gasteiger partial charge in [-0.15, -0.1) is 5.10 Å². The first-order valence-corrected chi connectivity index (χ1v) is 7.30. The summed E-state index contributed by atoms with van der Waals surface area (Å²) in [6.45, 7) is 9.44. The van der Waals surface area contributed by atoms with Crippen LogP contribution in [0.1, 0.15) is 19.4 Å². The third kappa shape index (κ3) is 3.45. The van der Waals surface area contributed by atoms with Gasteiger partial charge in [-0.25, -0.2) is 4.68 Å². The van der Waals surface area contributed by atoms with Crippen molar-refractivity contribution in [3.05, 3.63) is 33.9 Å². The number of tetrazole rings is 1. The molecular weight excluding hydrogens is 284 g/mol. The Morgan fingerprint density at radius 3 is 2.64 bits per heavy atom. The van der Waals surface area contributed by atoms with Gasteiger partial charge in [-0.1, -0.05) is 13.8 Å². The van der Waals surface area contributed by atoms with E-state index in [2.05, 4.69) is 34.3 Å². The summed E-state index contributed by atoms with van der Waals surface area (Å²) >= 11 is 0. The first-order valence-electron chi connectivity index (χ1n) is 7.30. The van der Waals surface area contributed by atoms with Crippen LogP contribution in [0.2, 0.25) is 0 Å². The summed E-state index contributed by atoms with van der Waals surface area (Å²) < 4.78 is 1.74. The van der Waals surface area contributed by atoms with E-state index in [1.165, 1.54) is 6.07 Å². The van der Waals surface area contributed by atoms with Crippen molar-refractivity contribution in [2.45, 2.75) is 27.3 Å². The lowest BCUT2D eigenvalue weighted by Crippen LogP contribution is -2.27. The highest BCUT2D eigenvalue weighted by Crippen LogP contribution is 2.24. The lowest BCUT2D eigenvalue weighted by molar-refractivity contribution is -0.385. The summed E-state index contributed by atoms with van der Waals surface area (Å²) in [4.78, 5) is 12.8. The minimum absolute atomic E-state index is 0.103. The average molecular weight is 304 g/mol. The van der Waals surface area contributed by atoms with E-state index in [-0.39, 0.29) is 10.6 Å². The molecule has 0 unspecified atom stereocenters. The van der Waals surface area contributed by atoms with E-state index in [1.54, 1.807) is 23.7 Å². The monoisotopic (exact) mass is 304 g/mol. The largest absolute Gasteiger partial charge is 0.302 e. The van der Waals surface area contributed by atoms with E-state index in [0.29, 0.717) is 17.9 Å². The van der Waals surface area contributed by atoms with Gasteiger partial charge in [0.25, 0.3) is 5.69 Å². The summed E-state index contributed by atoms with van der Waals surface area (Å²) in [5.41, 5.74) is 1.49. The molecule has 0 spiro atoms. The topological polar surface area (TPSA) is 90.0 Å². The molecule has 1 heterocycles. The van der Waals surface area contributed by atoms with E-state index in [4.69, 9.17) is 0 Å². The lowest BCUT2D eigenvalue weighted by Gasteiger charge is -2.17. The fourth-order valence-electron chi connectivity index (χ4n) is 2.34. The van der Waals surface area contributed by atoms with Crippen molar-refractivity contribution in [1.82, 2.24) is 25.1 Å². The van der Waals surface area contributed by atoms with Crippen molar-refractivity contribution in [3.8, 4) is 11.4 Å². The third-order valence-electron chi connectivity index (χ3n) is 3.71. The maximum atomic E-state index is 10.9. The lowest BCUT2D eigenvalue weighted by atomic mass is 10.1. The summed E-state index contributed by atoms with van der Waals surface area (Å²) in [6, 6.07) is 4.93. The molecule has 0 atom stereocenters. The van der Waals surface area contributed by atoms with Crippen molar-refractivity contribution in [2.75, 3.05) is 19.6 Å². The molecule has 0 saturated heterocycles. The van der Waals surface area contributed by atoms with E-state index in [9.17, 15) is 10.1 Å². The van der Waals surface area contributed by atoms with Gasteiger partial charge < -0.3 is 4.90 Å². The standard InChI is InChI=1S/C14H20N6O2/c1-4-18(5-2)8-9-19-14(15-16-17-19)12-6-7-13(20(21)22)11(3)10-12/h6-7,10H,4-5,8-9H2,1-3H3. The van der Waals surface area contributed by atoms with Crippen LogP contribution in [0.4, 0.5) is 5.69 Å². The number of aryl methyl sites for hydroxylation is 1. The Balaban J connectivity index is 2.22. The molecule has 0 aliphatic heterocycles. The maximum absolute atomic E-state index is 10.9. The molecule has 22 heavy (non-hydrogen) atoms. The molecule has 0 N–H and O–H groups in total. The zero-order chi connectivity index (χ0) is 16.1. The van der Waals surface area contributed by atoms with Crippen LogP contribution in [0.3, 0.4) is 0 Å². The number of nitro benzene ring substituents is 1. The average Bonchev–Trinajstić information content (AvgIpc) is 2.96. The zero-order valence-electron chi connectivity index (χ0n) is 13.1. The first-order chi connectivity index (χ1) is 10.6. The number of hydrogen-bond donors (Lipinski definition) is 0. The summed E-state index contributed by atoms with van der Waals surface area (Å²) in [5, 5.41) is 22.7. The molecule has 0 bridgehead atoms. The van der Waals surface area contributed by atoms with Gasteiger partial charge in [0, 0.05) is 23.7 Å². The van der Waals surface area contributed by atoms with Crippen LogP contribution in [-0.4, -0.2) is 49.7 Å². The van der Waals surface area contributed by atoms with Gasteiger partial charge in [0.05, 0.1) is 11.5 Å². The fraction of sp³-hybridized carbons (Fsp3) is 0.500. The molecule has 0 amide bonds. The van der Waals surface area contributed by atoms with Crippen LogP contribution in [0, 0.1) is 17.0 Å². The number of aromatic nitrogens is 4. The van der Waals surface area contributed by atoms with Crippen LogP contribution >= 0.6 is 0 Å². The fourth-order valence-corrected chi connectivity index (χ4v) is 2.34. The molecule has 0 saturated carbocycles. The van der Waals surface area contributed by atoms with Crippen LogP contribution < -0.4 is 0 Å². The van der Waals surface area contributed by atoms with Gasteiger partial charge in [0.15, 0.2) is 5.82 Å². The Bertz CT molecular complexity index is 651. The number of hydrogen-bond acceptors (Lipinski definition) is 6. The Labute approximate surface area is 128 Å². The van der Waals surface area contributed by atoms with E-state index in [1.807, 2.05) is 0 Å². The molecule has 2 rings (SSSR count). The second kappa shape index (κ2) is 7.08. The first kappa shape index (κ1) is 16.0. The number of likely N-dealkylation sites (N-methyl/N-ethyl adjacent to an activating group) is 1. The molecular formula is C14H20N6O2. The highest BCUT2D eigenvalue weighted by atomic mass is 16.6. The Morgan fingerprint density at radius 1 is 1.32 bits per heavy atom. The maximum Gasteiger partial charge on any atom is 0.272 e. The third-order valence-corrected chi connectivity index (χ3v) is 3.71. The number of rotatable bonds is 7. The molecule has 0 fully saturated rings. The quantitative estimate of drug-likeness (QED) is 0.573. The predicted molar refractivity (Wildman–Crippen MR) is 82.4 cm³/mol. The molecule has 0 aliphatic carbocycles. The Kier molecular flexibility index (Phi) is 5.16. The van der Waals surface area contributed by atoms with Crippen molar-refractivity contribution in [3.63, 3.8) is 0 Å². The molecule has 1 aromatic carbocycles. The summed E-state index contributed by atoms with van der Waals surface area (Å²) in [7, 11) is 0. The Morgan fingerprint density at radius 2 is 2.05 bits per heavy atom. The van der Waals surface area contributed by atoms with Gasteiger partial charge >= 0.3 is 0 Å². The normalized spacial score (nSPS) is 11.1. The summed E-state index contributed by atoms with van der Waals surface area (Å²) in [6.07, 6.45) is 0. The van der Waals surface area contributed by atoms with Crippen molar-refractivity contribution in [1.29, 1.82) is 0 Å². The smallest absolute Gasteiger partial charge is 0.272 e. The summed E-state index contributed by atoms with van der Waals surface area (Å²) in [5.74, 6) is 0.630. The van der Waals surface area contributed by atoms with Crippen LogP contribution in [0.15, 0.2) is 18.2 Å². The minimum Gasteiger partial charge on any atom is -0.302 e. The second-order valence-corrected chi connectivity index (χ2v) is 5.01. The van der Waals surface area contributed by atoms with Crippen LogP contribution in [0.25, 0.3) is 11.4 Å². The molecule has 118 valence electrons. The number of nitrogens with zero attached hydrogens (tertiary/aromatic N) is 6. The van der Waals surface area contributed by atoms with Gasteiger partial charge in [-0.05, 0) is 42.6 Å². The Hall–Kier alpha value is -2.35. The predicted octanol–water partition coefficient (Wildman–Crippen LogP) is 1.90. The molecule has 8 heteroatoms. The van der Waals surface area contributed by atoms with Gasteiger partial charge in [0.2, 0.25) is 0 Å². The molecule has 0 radical (unpaired) electrons. The molecule has 8 nitrogen and oxygen atoms in total. The van der Waals surface area contributed by atoms with Crippen LogP contribution in [0.5, 0.6) is 0 Å². The van der Waals surface area contributed by atoms with E-state index < -0.39 is 0 Å². The zero-order valence-corrected chi connectivity index (χ0v) is 13.1. The van der Waals surface area contributed by atoms with Gasteiger partial charge in [-0.2, -0.15) is 0 Å². The SMILES string of the molecule is CCN(CC)CCn1nnnc1-c1ccc([N+](=O)[O-])c(C)c1. The van der Waals surface area contributed by atoms with Crippen LogP contribution in [-0.2, 0) is 6.54 Å². The highest BCUT2D eigenvalue weighted by molar-refractivity contribution is 5.59. The molecule has 0 aliphatic rings. The highest BCUT2D eigenvalue weighted by Gasteiger charge is 2.15. The van der Waals surface area contributed by atoms with E-state index >= 15 is 0 Å². The number of benzene rings is 1.